The summed E-state index contributed by atoms with van der Waals surface area (Å²) in [5, 5.41) is 0. The lowest BCUT2D eigenvalue weighted by Gasteiger charge is -2.38. The summed E-state index contributed by atoms with van der Waals surface area (Å²) in [5.41, 5.74) is 11.6. The zero-order valence-electron chi connectivity index (χ0n) is 18.9. The minimum Gasteiger partial charge on any atom is -0.496 e. The van der Waals surface area contributed by atoms with E-state index in [2.05, 4.69) is 100 Å². The number of anilines is 3. The van der Waals surface area contributed by atoms with E-state index in [9.17, 15) is 0 Å². The normalized spacial score (nSPS) is 14.5. The fourth-order valence-corrected chi connectivity index (χ4v) is 4.87. The molecule has 0 saturated carbocycles. The molecule has 0 N–H and O–H groups in total. The molecule has 0 saturated heterocycles. The first-order valence-electron chi connectivity index (χ1n) is 10.1. The first-order chi connectivity index (χ1) is 13.8. The fourth-order valence-electron chi connectivity index (χ4n) is 4.87. The zero-order chi connectivity index (χ0) is 20.9. The van der Waals surface area contributed by atoms with Crippen LogP contribution in [-0.2, 0) is 0 Å². The lowest BCUT2D eigenvalue weighted by Crippen LogP contribution is -2.24. The maximum Gasteiger partial charge on any atom is 0.125 e. The second-order valence-electron chi connectivity index (χ2n) is 8.34. The summed E-state index contributed by atoms with van der Waals surface area (Å²) in [6, 6.07) is 17.8. The molecule has 0 radical (unpaired) electrons. The van der Waals surface area contributed by atoms with Gasteiger partial charge >= 0.3 is 0 Å². The highest BCUT2D eigenvalue weighted by Gasteiger charge is 2.34. The molecule has 1 atom stereocenters. The van der Waals surface area contributed by atoms with E-state index >= 15 is 0 Å². The van der Waals surface area contributed by atoms with E-state index in [1.807, 2.05) is 0 Å². The smallest absolute Gasteiger partial charge is 0.125 e. The van der Waals surface area contributed by atoms with Gasteiger partial charge in [-0.15, -0.1) is 17.0 Å². The molecule has 158 valence electrons. The SMILES string of the molecule is Br.COc1cccc2c1C(c1c(C)cc(C)cc1C)c1ccc(N(C)C)cc1N2C. The molecular weight excluding hydrogens is 436 g/mol. The van der Waals surface area contributed by atoms with Crippen LogP contribution in [0.2, 0.25) is 0 Å². The van der Waals surface area contributed by atoms with Gasteiger partial charge in [-0.3, -0.25) is 0 Å². The van der Waals surface area contributed by atoms with Crippen LogP contribution < -0.4 is 14.5 Å². The molecule has 0 fully saturated rings. The highest BCUT2D eigenvalue weighted by atomic mass is 79.9. The minimum absolute atomic E-state index is 0. The van der Waals surface area contributed by atoms with Crippen molar-refractivity contribution < 1.29 is 4.74 Å². The van der Waals surface area contributed by atoms with Crippen molar-refractivity contribution in [1.29, 1.82) is 0 Å². The van der Waals surface area contributed by atoms with Crippen LogP contribution in [-0.4, -0.2) is 28.3 Å². The molecule has 3 aromatic rings. The van der Waals surface area contributed by atoms with E-state index in [0.717, 1.165) is 5.75 Å². The molecule has 3 nitrogen and oxygen atoms in total. The number of ether oxygens (including phenoxy) is 1. The third kappa shape index (κ3) is 3.47. The van der Waals surface area contributed by atoms with Gasteiger partial charge in [0.25, 0.3) is 0 Å². The molecule has 3 aromatic carbocycles. The average molecular weight is 467 g/mol. The van der Waals surface area contributed by atoms with Crippen molar-refractivity contribution in [3.8, 4) is 5.75 Å². The van der Waals surface area contributed by atoms with Crippen molar-refractivity contribution in [1.82, 2.24) is 0 Å². The van der Waals surface area contributed by atoms with Gasteiger partial charge in [-0.2, -0.15) is 0 Å². The van der Waals surface area contributed by atoms with E-state index in [1.54, 1.807) is 7.11 Å². The maximum atomic E-state index is 5.86. The lowest BCUT2D eigenvalue weighted by molar-refractivity contribution is 0.409. The summed E-state index contributed by atoms with van der Waals surface area (Å²) in [6.07, 6.45) is 0. The number of hydrogen-bond donors (Lipinski definition) is 0. The summed E-state index contributed by atoms with van der Waals surface area (Å²) in [4.78, 5) is 4.46. The first-order valence-corrected chi connectivity index (χ1v) is 10.1. The van der Waals surface area contributed by atoms with Crippen LogP contribution in [0.15, 0.2) is 48.5 Å². The molecule has 0 aliphatic carbocycles. The first kappa shape index (κ1) is 22.2. The average Bonchev–Trinajstić information content (AvgIpc) is 2.68. The van der Waals surface area contributed by atoms with E-state index < -0.39 is 0 Å². The van der Waals surface area contributed by atoms with Crippen molar-refractivity contribution in [2.24, 2.45) is 0 Å². The van der Waals surface area contributed by atoms with Crippen molar-refractivity contribution in [3.63, 3.8) is 0 Å². The van der Waals surface area contributed by atoms with Gasteiger partial charge in [0.05, 0.1) is 7.11 Å². The second-order valence-corrected chi connectivity index (χ2v) is 8.34. The summed E-state index contributed by atoms with van der Waals surface area (Å²) in [7, 11) is 8.11. The molecule has 1 aliphatic rings. The summed E-state index contributed by atoms with van der Waals surface area (Å²) in [6.45, 7) is 6.64. The van der Waals surface area contributed by atoms with Crippen LogP contribution in [0.25, 0.3) is 0 Å². The predicted octanol–water partition coefficient (Wildman–Crippen LogP) is 6.53. The number of benzene rings is 3. The Balaban J connectivity index is 0.00000256. The van der Waals surface area contributed by atoms with Crippen LogP contribution in [0.4, 0.5) is 17.1 Å². The van der Waals surface area contributed by atoms with Crippen LogP contribution in [0.3, 0.4) is 0 Å². The Morgan fingerprint density at radius 2 is 1.53 bits per heavy atom. The summed E-state index contributed by atoms with van der Waals surface area (Å²) >= 11 is 0. The van der Waals surface area contributed by atoms with E-state index in [0.29, 0.717) is 0 Å². The molecule has 1 aliphatic heterocycles. The van der Waals surface area contributed by atoms with Crippen molar-refractivity contribution >= 4 is 34.0 Å². The third-order valence-electron chi connectivity index (χ3n) is 6.14. The van der Waals surface area contributed by atoms with Gasteiger partial charge < -0.3 is 14.5 Å². The molecule has 0 spiro atoms. The van der Waals surface area contributed by atoms with E-state index in [4.69, 9.17) is 4.74 Å². The van der Waals surface area contributed by atoms with Gasteiger partial charge in [0.15, 0.2) is 0 Å². The number of fused-ring (bicyclic) bond motifs is 2. The molecule has 4 heteroatoms. The number of halogens is 1. The predicted molar refractivity (Wildman–Crippen MR) is 134 cm³/mol. The fraction of sp³-hybridized carbons (Fsp3) is 0.308. The summed E-state index contributed by atoms with van der Waals surface area (Å²) in [5.74, 6) is 1.09. The van der Waals surface area contributed by atoms with Gasteiger partial charge in [0.2, 0.25) is 0 Å². The van der Waals surface area contributed by atoms with Gasteiger partial charge in [-0.25, -0.2) is 0 Å². The van der Waals surface area contributed by atoms with Gasteiger partial charge in [0.1, 0.15) is 5.75 Å². The highest BCUT2D eigenvalue weighted by Crippen LogP contribution is 2.52. The quantitative estimate of drug-likeness (QED) is 0.436. The summed E-state index contributed by atoms with van der Waals surface area (Å²) < 4.78 is 5.86. The van der Waals surface area contributed by atoms with Crippen LogP contribution in [0.5, 0.6) is 5.75 Å². The van der Waals surface area contributed by atoms with Gasteiger partial charge in [0, 0.05) is 49.7 Å². The molecule has 0 bridgehead atoms. The molecule has 0 aromatic heterocycles. The molecule has 4 rings (SSSR count). The Morgan fingerprint density at radius 3 is 2.13 bits per heavy atom. The number of methoxy groups -OCH3 is 1. The molecular formula is C26H31BrN2O. The second kappa shape index (κ2) is 8.35. The molecule has 0 amide bonds. The standard InChI is InChI=1S/C26H30N2O.BrH/c1-16-13-17(2)24(18(3)14-16)25-20-12-11-19(27(4)5)15-22(20)28(6)21-9-8-10-23(29-7)26(21)25;/h8-15,25H,1-7H3;1H. The lowest BCUT2D eigenvalue weighted by atomic mass is 9.76. The minimum atomic E-state index is 0. The number of hydrogen-bond acceptors (Lipinski definition) is 3. The Labute approximate surface area is 191 Å². The Morgan fingerprint density at radius 1 is 0.867 bits per heavy atom. The van der Waals surface area contributed by atoms with Crippen LogP contribution in [0.1, 0.15) is 39.3 Å². The number of nitrogens with zero attached hydrogens (tertiary/aromatic N) is 2. The van der Waals surface area contributed by atoms with Crippen molar-refractivity contribution in [2.75, 3.05) is 38.1 Å². The Hall–Kier alpha value is -2.46. The molecule has 1 unspecified atom stereocenters. The zero-order valence-corrected chi connectivity index (χ0v) is 20.6. The van der Waals surface area contributed by atoms with Crippen LogP contribution in [0, 0.1) is 20.8 Å². The third-order valence-corrected chi connectivity index (χ3v) is 6.14. The van der Waals surface area contributed by atoms with E-state index in [1.165, 1.54) is 50.4 Å². The van der Waals surface area contributed by atoms with Crippen molar-refractivity contribution in [3.05, 3.63) is 81.9 Å². The van der Waals surface area contributed by atoms with Gasteiger partial charge in [-0.1, -0.05) is 29.8 Å². The van der Waals surface area contributed by atoms with Crippen LogP contribution >= 0.6 is 17.0 Å². The van der Waals surface area contributed by atoms with Gasteiger partial charge in [-0.05, 0) is 67.3 Å². The van der Waals surface area contributed by atoms with E-state index in [-0.39, 0.29) is 22.9 Å². The number of rotatable bonds is 3. The monoisotopic (exact) mass is 466 g/mol. The number of aryl methyl sites for hydroxylation is 3. The molecule has 30 heavy (non-hydrogen) atoms. The largest absolute Gasteiger partial charge is 0.496 e. The topological polar surface area (TPSA) is 15.7 Å². The molecule has 1 heterocycles. The highest BCUT2D eigenvalue weighted by molar-refractivity contribution is 8.93. The maximum absolute atomic E-state index is 5.86. The van der Waals surface area contributed by atoms with Crippen molar-refractivity contribution in [2.45, 2.75) is 26.7 Å². The Bertz CT molecular complexity index is 1070. The Kier molecular flexibility index (Phi) is 6.19.